The first-order valence-corrected chi connectivity index (χ1v) is 4.45. The third-order valence-corrected chi connectivity index (χ3v) is 2.27. The maximum absolute atomic E-state index is 3.50. The van der Waals surface area contributed by atoms with Gasteiger partial charge >= 0.3 is 0 Å². The van der Waals surface area contributed by atoms with Crippen LogP contribution in [0.5, 0.6) is 0 Å². The van der Waals surface area contributed by atoms with Gasteiger partial charge in [0, 0.05) is 25.0 Å². The Balaban J connectivity index is 1.75. The van der Waals surface area contributed by atoms with E-state index >= 15 is 0 Å². The van der Waals surface area contributed by atoms with Crippen LogP contribution in [0.1, 0.15) is 18.4 Å². The fraction of sp³-hybridized carbons (Fsp3) is 0.400. The van der Waals surface area contributed by atoms with Crippen LogP contribution in [0.25, 0.3) is 0 Å². The highest BCUT2D eigenvalue weighted by Crippen LogP contribution is 2.09. The maximum atomic E-state index is 3.50. The van der Waals surface area contributed by atoms with Gasteiger partial charge in [-0.1, -0.05) is 12.2 Å². The first-order chi connectivity index (χ1) is 5.95. The first kappa shape index (κ1) is 7.62. The van der Waals surface area contributed by atoms with Crippen molar-refractivity contribution in [3.8, 4) is 0 Å². The van der Waals surface area contributed by atoms with Crippen molar-refractivity contribution < 1.29 is 0 Å². The number of H-pyrrole nitrogens is 1. The Morgan fingerprint density at radius 1 is 1.42 bits per heavy atom. The van der Waals surface area contributed by atoms with Crippen molar-refractivity contribution in [3.63, 3.8) is 0 Å². The molecule has 0 saturated carbocycles. The Morgan fingerprint density at radius 2 is 2.25 bits per heavy atom. The number of aromatic nitrogens is 1. The fourth-order valence-electron chi connectivity index (χ4n) is 1.51. The van der Waals surface area contributed by atoms with E-state index in [9.17, 15) is 0 Å². The molecule has 0 spiro atoms. The molecule has 2 nitrogen and oxygen atoms in total. The van der Waals surface area contributed by atoms with Crippen molar-refractivity contribution in [2.24, 2.45) is 0 Å². The van der Waals surface area contributed by atoms with Gasteiger partial charge in [0.25, 0.3) is 0 Å². The quantitative estimate of drug-likeness (QED) is 0.652. The molecular formula is C10H14N2. The summed E-state index contributed by atoms with van der Waals surface area (Å²) in [6.07, 6.45) is 10.9. The first-order valence-electron chi connectivity index (χ1n) is 4.45. The lowest BCUT2D eigenvalue weighted by molar-refractivity contribution is 0.539. The second kappa shape index (κ2) is 3.59. The predicted molar refractivity (Wildman–Crippen MR) is 49.8 cm³/mol. The van der Waals surface area contributed by atoms with Gasteiger partial charge in [-0.3, -0.25) is 0 Å². The predicted octanol–water partition coefficient (Wildman–Crippen LogP) is 1.82. The smallest absolute Gasteiger partial charge is 0.0223 e. The molecule has 1 aromatic heterocycles. The summed E-state index contributed by atoms with van der Waals surface area (Å²) in [6, 6.07) is 2.77. The fourth-order valence-corrected chi connectivity index (χ4v) is 1.51. The minimum atomic E-state index is 0.667. The number of aromatic amines is 1. The molecule has 1 aromatic rings. The molecule has 1 heterocycles. The normalized spacial score (nSPS) is 17.3. The summed E-state index contributed by atoms with van der Waals surface area (Å²) in [6.45, 7) is 0.982. The largest absolute Gasteiger partial charge is 0.367 e. The van der Waals surface area contributed by atoms with Crippen molar-refractivity contribution in [1.82, 2.24) is 10.3 Å². The van der Waals surface area contributed by atoms with E-state index < -0.39 is 0 Å². The van der Waals surface area contributed by atoms with Gasteiger partial charge in [0.2, 0.25) is 0 Å². The van der Waals surface area contributed by atoms with Gasteiger partial charge in [-0.25, -0.2) is 0 Å². The van der Waals surface area contributed by atoms with Gasteiger partial charge < -0.3 is 10.3 Å². The zero-order chi connectivity index (χ0) is 8.23. The van der Waals surface area contributed by atoms with Crippen LogP contribution in [0.3, 0.4) is 0 Å². The third kappa shape index (κ3) is 1.77. The lowest BCUT2D eigenvalue weighted by Gasteiger charge is -2.10. The van der Waals surface area contributed by atoms with E-state index in [4.69, 9.17) is 0 Å². The average molecular weight is 162 g/mol. The van der Waals surface area contributed by atoms with Gasteiger partial charge in [-0.2, -0.15) is 0 Å². The molecule has 0 atom stereocenters. The molecule has 1 aliphatic rings. The second-order valence-electron chi connectivity index (χ2n) is 3.24. The number of nitrogens with one attached hydrogen (secondary N) is 2. The Labute approximate surface area is 72.7 Å². The zero-order valence-electron chi connectivity index (χ0n) is 7.09. The Kier molecular flexibility index (Phi) is 2.28. The van der Waals surface area contributed by atoms with Gasteiger partial charge in [0.05, 0.1) is 0 Å². The Bertz CT molecular complexity index is 241. The maximum Gasteiger partial charge on any atom is 0.0223 e. The standard InChI is InChI=1S/C10H14N2/c1-2-4-10(3-1)12-8-9-5-6-11-7-9/h1-2,5-7,10-12H,3-4,8H2. The molecule has 0 aromatic carbocycles. The summed E-state index contributed by atoms with van der Waals surface area (Å²) in [7, 11) is 0. The van der Waals surface area contributed by atoms with Gasteiger partial charge in [0.15, 0.2) is 0 Å². The molecule has 0 bridgehead atoms. The van der Waals surface area contributed by atoms with Crippen LogP contribution in [-0.2, 0) is 6.54 Å². The monoisotopic (exact) mass is 162 g/mol. The SMILES string of the molecule is C1=CCC(NCc2cc[nH]c2)C1. The summed E-state index contributed by atoms with van der Waals surface area (Å²) >= 11 is 0. The van der Waals surface area contributed by atoms with Gasteiger partial charge in [-0.15, -0.1) is 0 Å². The summed E-state index contributed by atoms with van der Waals surface area (Å²) < 4.78 is 0. The minimum Gasteiger partial charge on any atom is -0.367 e. The second-order valence-corrected chi connectivity index (χ2v) is 3.24. The van der Waals surface area contributed by atoms with E-state index in [0.717, 1.165) is 6.54 Å². The van der Waals surface area contributed by atoms with Crippen LogP contribution >= 0.6 is 0 Å². The van der Waals surface area contributed by atoms with E-state index in [1.807, 2.05) is 12.4 Å². The number of hydrogen-bond donors (Lipinski definition) is 2. The Morgan fingerprint density at radius 3 is 2.92 bits per heavy atom. The molecule has 0 amide bonds. The van der Waals surface area contributed by atoms with E-state index in [1.54, 1.807) is 0 Å². The average Bonchev–Trinajstić information content (AvgIpc) is 2.74. The van der Waals surface area contributed by atoms with Crippen molar-refractivity contribution in [2.75, 3.05) is 0 Å². The summed E-state index contributed by atoms with van der Waals surface area (Å²) in [5, 5.41) is 3.50. The van der Waals surface area contributed by atoms with E-state index in [2.05, 4.69) is 28.5 Å². The van der Waals surface area contributed by atoms with E-state index in [1.165, 1.54) is 18.4 Å². The van der Waals surface area contributed by atoms with Gasteiger partial charge in [0.1, 0.15) is 0 Å². The molecule has 0 radical (unpaired) electrons. The molecule has 1 aliphatic carbocycles. The van der Waals surface area contributed by atoms with E-state index in [0.29, 0.717) is 6.04 Å². The highest BCUT2D eigenvalue weighted by atomic mass is 14.9. The molecule has 12 heavy (non-hydrogen) atoms. The van der Waals surface area contributed by atoms with Crippen LogP contribution in [-0.4, -0.2) is 11.0 Å². The van der Waals surface area contributed by atoms with Crippen molar-refractivity contribution in [3.05, 3.63) is 36.2 Å². The molecule has 2 rings (SSSR count). The number of rotatable bonds is 3. The number of hydrogen-bond acceptors (Lipinski definition) is 1. The lowest BCUT2D eigenvalue weighted by Crippen LogP contribution is -2.25. The van der Waals surface area contributed by atoms with Crippen LogP contribution in [0.2, 0.25) is 0 Å². The van der Waals surface area contributed by atoms with Crippen LogP contribution in [0.4, 0.5) is 0 Å². The van der Waals surface area contributed by atoms with Gasteiger partial charge in [-0.05, 0) is 24.5 Å². The van der Waals surface area contributed by atoms with E-state index in [-0.39, 0.29) is 0 Å². The highest BCUT2D eigenvalue weighted by molar-refractivity contribution is 5.08. The lowest BCUT2D eigenvalue weighted by atomic mass is 10.2. The van der Waals surface area contributed by atoms with Crippen LogP contribution in [0.15, 0.2) is 30.6 Å². The van der Waals surface area contributed by atoms with Crippen LogP contribution in [0, 0.1) is 0 Å². The minimum absolute atomic E-state index is 0.667. The molecule has 0 unspecified atom stereocenters. The summed E-state index contributed by atoms with van der Waals surface area (Å²) in [5.74, 6) is 0. The summed E-state index contributed by atoms with van der Waals surface area (Å²) in [4.78, 5) is 3.05. The molecule has 0 aliphatic heterocycles. The summed E-state index contributed by atoms with van der Waals surface area (Å²) in [5.41, 5.74) is 1.34. The molecule has 0 fully saturated rings. The third-order valence-electron chi connectivity index (χ3n) is 2.27. The zero-order valence-corrected chi connectivity index (χ0v) is 7.09. The van der Waals surface area contributed by atoms with Crippen molar-refractivity contribution >= 4 is 0 Å². The Hall–Kier alpha value is -1.02. The molecular weight excluding hydrogens is 148 g/mol. The van der Waals surface area contributed by atoms with Crippen molar-refractivity contribution in [1.29, 1.82) is 0 Å². The molecule has 64 valence electrons. The highest BCUT2D eigenvalue weighted by Gasteiger charge is 2.08. The van der Waals surface area contributed by atoms with Crippen molar-refractivity contribution in [2.45, 2.75) is 25.4 Å². The molecule has 2 N–H and O–H groups in total. The molecule has 0 saturated heterocycles. The van der Waals surface area contributed by atoms with Crippen LogP contribution < -0.4 is 5.32 Å². The topological polar surface area (TPSA) is 27.8 Å². The molecule has 2 heteroatoms.